The highest BCUT2D eigenvalue weighted by Crippen LogP contribution is 2.21. The fourth-order valence-electron chi connectivity index (χ4n) is 1.19. The minimum Gasteiger partial charge on any atom is -0.289 e. The van der Waals surface area contributed by atoms with Crippen molar-refractivity contribution in [1.82, 2.24) is 0 Å². The molecule has 0 N–H and O–H groups in total. The maximum atomic E-state index is 6.07. The highest BCUT2D eigenvalue weighted by Gasteiger charge is 2.04. The lowest BCUT2D eigenvalue weighted by Crippen LogP contribution is -2.00. The first-order valence-corrected chi connectivity index (χ1v) is 5.72. The zero-order valence-corrected chi connectivity index (χ0v) is 10.7. The van der Waals surface area contributed by atoms with Gasteiger partial charge in [-0.05, 0) is 25.0 Å². The van der Waals surface area contributed by atoms with Gasteiger partial charge in [0.2, 0.25) is 0 Å². The van der Waals surface area contributed by atoms with E-state index in [9.17, 15) is 0 Å². The normalized spacial score (nSPS) is 12.3. The highest BCUT2D eigenvalue weighted by molar-refractivity contribution is 6.36. The Morgan fingerprint density at radius 1 is 1.33 bits per heavy atom. The summed E-state index contributed by atoms with van der Waals surface area (Å²) in [5.41, 5.74) is 1.92. The first-order chi connectivity index (χ1) is 7.00. The first kappa shape index (κ1) is 12.5. The van der Waals surface area contributed by atoms with Gasteiger partial charge in [0, 0.05) is 22.8 Å². The van der Waals surface area contributed by atoms with Crippen molar-refractivity contribution in [3.8, 4) is 0 Å². The molecule has 0 aliphatic rings. The van der Waals surface area contributed by atoms with Crippen molar-refractivity contribution in [1.29, 1.82) is 0 Å². The van der Waals surface area contributed by atoms with E-state index in [0.29, 0.717) is 16.0 Å². The smallest absolute Gasteiger partial charge is 0.0511 e. The fourth-order valence-corrected chi connectivity index (χ4v) is 1.73. The van der Waals surface area contributed by atoms with E-state index in [1.807, 2.05) is 19.1 Å². The van der Waals surface area contributed by atoms with Crippen LogP contribution in [0.1, 0.15) is 26.3 Å². The summed E-state index contributed by atoms with van der Waals surface area (Å²) in [7, 11) is 0. The van der Waals surface area contributed by atoms with Crippen LogP contribution < -0.4 is 0 Å². The van der Waals surface area contributed by atoms with Gasteiger partial charge in [0.1, 0.15) is 0 Å². The van der Waals surface area contributed by atoms with Crippen LogP contribution in [0.2, 0.25) is 10.0 Å². The van der Waals surface area contributed by atoms with Crippen LogP contribution in [0.3, 0.4) is 0 Å². The van der Waals surface area contributed by atoms with Gasteiger partial charge in [-0.2, -0.15) is 0 Å². The summed E-state index contributed by atoms with van der Waals surface area (Å²) in [4.78, 5) is 4.47. The van der Waals surface area contributed by atoms with Crippen LogP contribution in [0.25, 0.3) is 0 Å². The molecule has 0 amide bonds. The maximum Gasteiger partial charge on any atom is 0.0511 e. The monoisotopic (exact) mass is 243 g/mol. The number of hydrogen-bond acceptors (Lipinski definition) is 1. The molecule has 0 bridgehead atoms. The number of halogens is 2. The summed E-state index contributed by atoms with van der Waals surface area (Å²) in [6.07, 6.45) is 0. The van der Waals surface area contributed by atoms with E-state index in [1.54, 1.807) is 6.07 Å². The molecule has 3 heteroatoms. The zero-order chi connectivity index (χ0) is 11.4. The summed E-state index contributed by atoms with van der Waals surface area (Å²) >= 11 is 11.9. The molecule has 82 valence electrons. The summed E-state index contributed by atoms with van der Waals surface area (Å²) in [5, 5.41) is 1.31. The van der Waals surface area contributed by atoms with E-state index in [4.69, 9.17) is 23.2 Å². The van der Waals surface area contributed by atoms with Crippen LogP contribution in [-0.4, -0.2) is 12.3 Å². The predicted octanol–water partition coefficient (Wildman–Crippen LogP) is 4.46. The van der Waals surface area contributed by atoms with Gasteiger partial charge in [-0.25, -0.2) is 0 Å². The van der Waals surface area contributed by atoms with Gasteiger partial charge < -0.3 is 0 Å². The molecule has 0 fully saturated rings. The van der Waals surface area contributed by atoms with Crippen LogP contribution in [0.15, 0.2) is 23.2 Å². The molecule has 15 heavy (non-hydrogen) atoms. The molecule has 0 aliphatic carbocycles. The van der Waals surface area contributed by atoms with Crippen molar-refractivity contribution in [2.75, 3.05) is 6.54 Å². The Hall–Kier alpha value is -0.530. The summed E-state index contributed by atoms with van der Waals surface area (Å²) in [6, 6.07) is 5.48. The second-order valence-electron chi connectivity index (χ2n) is 3.94. The van der Waals surface area contributed by atoms with Crippen LogP contribution in [0, 0.1) is 5.92 Å². The van der Waals surface area contributed by atoms with Gasteiger partial charge in [0.15, 0.2) is 0 Å². The van der Waals surface area contributed by atoms with Crippen molar-refractivity contribution in [2.24, 2.45) is 10.9 Å². The van der Waals surface area contributed by atoms with Crippen molar-refractivity contribution in [3.63, 3.8) is 0 Å². The van der Waals surface area contributed by atoms with E-state index >= 15 is 0 Å². The zero-order valence-electron chi connectivity index (χ0n) is 9.22. The van der Waals surface area contributed by atoms with Crippen molar-refractivity contribution < 1.29 is 0 Å². The van der Waals surface area contributed by atoms with Gasteiger partial charge in [-0.15, -0.1) is 0 Å². The van der Waals surface area contributed by atoms with Crippen molar-refractivity contribution in [2.45, 2.75) is 20.8 Å². The molecule has 1 rings (SSSR count). The molecule has 0 atom stereocenters. The molecule has 0 spiro atoms. The number of rotatable bonds is 3. The first-order valence-electron chi connectivity index (χ1n) is 4.97. The molecule has 0 radical (unpaired) electrons. The Labute approximate surface area is 101 Å². The van der Waals surface area contributed by atoms with E-state index < -0.39 is 0 Å². The highest BCUT2D eigenvalue weighted by atomic mass is 35.5. The van der Waals surface area contributed by atoms with E-state index in [-0.39, 0.29) is 0 Å². The topological polar surface area (TPSA) is 12.4 Å². The Balaban J connectivity index is 2.91. The third kappa shape index (κ3) is 3.84. The summed E-state index contributed by atoms with van der Waals surface area (Å²) in [5.74, 6) is 0.561. The van der Waals surface area contributed by atoms with Crippen LogP contribution >= 0.6 is 23.2 Å². The van der Waals surface area contributed by atoms with Gasteiger partial charge >= 0.3 is 0 Å². The lowest BCUT2D eigenvalue weighted by atomic mass is 10.1. The molecule has 0 aliphatic heterocycles. The standard InChI is InChI=1S/C12H15Cl2N/c1-8(2)7-15-9(3)11-5-4-10(13)6-12(11)14/h4-6,8H,7H2,1-3H3/b15-9+. The van der Waals surface area contributed by atoms with E-state index in [0.717, 1.165) is 17.8 Å². The Morgan fingerprint density at radius 2 is 2.00 bits per heavy atom. The second-order valence-corrected chi connectivity index (χ2v) is 4.79. The SMILES string of the molecule is C/C(=N\CC(C)C)c1ccc(Cl)cc1Cl. The van der Waals surface area contributed by atoms with Crippen LogP contribution in [0.5, 0.6) is 0 Å². The largest absolute Gasteiger partial charge is 0.289 e. The number of nitrogens with zero attached hydrogens (tertiary/aromatic N) is 1. The third-order valence-corrected chi connectivity index (χ3v) is 2.56. The van der Waals surface area contributed by atoms with Crippen LogP contribution in [-0.2, 0) is 0 Å². The van der Waals surface area contributed by atoms with Gasteiger partial charge in [0.25, 0.3) is 0 Å². The number of aliphatic imine (C=N–C) groups is 1. The molecular formula is C12H15Cl2N. The lowest BCUT2D eigenvalue weighted by molar-refractivity contribution is 0.665. The average molecular weight is 244 g/mol. The number of hydrogen-bond donors (Lipinski definition) is 0. The molecule has 0 saturated heterocycles. The lowest BCUT2D eigenvalue weighted by Gasteiger charge is -2.05. The fraction of sp³-hybridized carbons (Fsp3) is 0.417. The quantitative estimate of drug-likeness (QED) is 0.696. The maximum absolute atomic E-state index is 6.07. The van der Waals surface area contributed by atoms with Crippen molar-refractivity contribution in [3.05, 3.63) is 33.8 Å². The molecule has 1 aromatic carbocycles. The van der Waals surface area contributed by atoms with E-state index in [2.05, 4.69) is 18.8 Å². The second kappa shape index (κ2) is 5.53. The Morgan fingerprint density at radius 3 is 2.53 bits per heavy atom. The summed E-state index contributed by atoms with van der Waals surface area (Å²) in [6.45, 7) is 7.07. The van der Waals surface area contributed by atoms with Gasteiger partial charge in [-0.3, -0.25) is 4.99 Å². The molecule has 1 nitrogen and oxygen atoms in total. The number of benzene rings is 1. The Kier molecular flexibility index (Phi) is 4.62. The molecule has 0 saturated carbocycles. The van der Waals surface area contributed by atoms with Crippen molar-refractivity contribution >= 4 is 28.9 Å². The average Bonchev–Trinajstić information content (AvgIpc) is 2.14. The summed E-state index contributed by atoms with van der Waals surface area (Å²) < 4.78 is 0. The molecule has 0 aromatic heterocycles. The minimum absolute atomic E-state index is 0.561. The third-order valence-electron chi connectivity index (χ3n) is 2.01. The van der Waals surface area contributed by atoms with Gasteiger partial charge in [-0.1, -0.05) is 43.1 Å². The van der Waals surface area contributed by atoms with Crippen LogP contribution in [0.4, 0.5) is 0 Å². The molecular weight excluding hydrogens is 229 g/mol. The van der Waals surface area contributed by atoms with Gasteiger partial charge in [0.05, 0.1) is 5.02 Å². The molecule has 0 unspecified atom stereocenters. The Bertz CT molecular complexity index is 370. The molecule has 0 heterocycles. The molecule has 1 aromatic rings. The minimum atomic E-state index is 0.561. The van der Waals surface area contributed by atoms with E-state index in [1.165, 1.54) is 0 Å². The predicted molar refractivity (Wildman–Crippen MR) is 68.4 cm³/mol.